The van der Waals surface area contributed by atoms with Gasteiger partial charge in [0, 0.05) is 6.04 Å². The molecule has 1 rings (SSSR count). The van der Waals surface area contributed by atoms with E-state index in [0.717, 1.165) is 38.1 Å². The number of nitrogens with one attached hydrogen (secondary N) is 1. The molecule has 0 saturated heterocycles. The normalized spacial score (nSPS) is 33.8. The molecule has 1 unspecified atom stereocenters. The monoisotopic (exact) mass is 227 g/mol. The Hall–Kier alpha value is -0.0800. The minimum Gasteiger partial charge on any atom is -0.388 e. The maximum atomic E-state index is 10.6. The number of hydrogen-bond acceptors (Lipinski definition) is 2. The van der Waals surface area contributed by atoms with Gasteiger partial charge in [-0.15, -0.1) is 0 Å². The van der Waals surface area contributed by atoms with E-state index in [4.69, 9.17) is 0 Å². The summed E-state index contributed by atoms with van der Waals surface area (Å²) in [5, 5.41) is 14.0. The fourth-order valence-corrected chi connectivity index (χ4v) is 2.91. The van der Waals surface area contributed by atoms with E-state index in [0.29, 0.717) is 5.41 Å². The summed E-state index contributed by atoms with van der Waals surface area (Å²) < 4.78 is 0. The maximum absolute atomic E-state index is 10.6. The van der Waals surface area contributed by atoms with Gasteiger partial charge in [0.2, 0.25) is 0 Å². The Bertz CT molecular complexity index is 211. The highest BCUT2D eigenvalue weighted by atomic mass is 16.3. The Morgan fingerprint density at radius 3 is 2.19 bits per heavy atom. The lowest BCUT2D eigenvalue weighted by atomic mass is 9.67. The molecular formula is C14H29NO. The Morgan fingerprint density at radius 1 is 1.31 bits per heavy atom. The van der Waals surface area contributed by atoms with Crippen molar-refractivity contribution >= 4 is 0 Å². The third-order valence-electron chi connectivity index (χ3n) is 4.39. The van der Waals surface area contributed by atoms with Crippen LogP contribution in [0.2, 0.25) is 0 Å². The summed E-state index contributed by atoms with van der Waals surface area (Å²) in [6.45, 7) is 12.1. The molecule has 0 bridgehead atoms. The highest BCUT2D eigenvalue weighted by Crippen LogP contribution is 2.42. The van der Waals surface area contributed by atoms with Crippen LogP contribution in [0.4, 0.5) is 0 Å². The highest BCUT2D eigenvalue weighted by Gasteiger charge is 2.40. The van der Waals surface area contributed by atoms with Crippen molar-refractivity contribution in [1.29, 1.82) is 0 Å². The predicted molar refractivity (Wildman–Crippen MR) is 69.5 cm³/mol. The van der Waals surface area contributed by atoms with E-state index in [1.807, 2.05) is 0 Å². The highest BCUT2D eigenvalue weighted by molar-refractivity contribution is 4.95. The van der Waals surface area contributed by atoms with Gasteiger partial charge in [-0.05, 0) is 50.5 Å². The van der Waals surface area contributed by atoms with E-state index in [9.17, 15) is 5.11 Å². The van der Waals surface area contributed by atoms with Gasteiger partial charge < -0.3 is 10.4 Å². The van der Waals surface area contributed by atoms with Gasteiger partial charge in [0.05, 0.1) is 5.60 Å². The fourth-order valence-electron chi connectivity index (χ4n) is 2.91. The Kier molecular flexibility index (Phi) is 4.42. The van der Waals surface area contributed by atoms with Crippen molar-refractivity contribution in [2.45, 2.75) is 71.9 Å². The standard InChI is InChI=1S/C14H29NO/c1-6-15-11(2)14(16)9-7-12(8-10-14)13(3,4)5/h11-12,15-16H,6-10H2,1-5H3. The van der Waals surface area contributed by atoms with Crippen molar-refractivity contribution in [1.82, 2.24) is 5.32 Å². The van der Waals surface area contributed by atoms with E-state index in [2.05, 4.69) is 39.9 Å². The second-order valence-corrected chi connectivity index (χ2v) is 6.52. The van der Waals surface area contributed by atoms with Gasteiger partial charge in [-0.1, -0.05) is 27.7 Å². The summed E-state index contributed by atoms with van der Waals surface area (Å²) in [4.78, 5) is 0. The second kappa shape index (κ2) is 5.05. The van der Waals surface area contributed by atoms with Crippen molar-refractivity contribution < 1.29 is 5.11 Å². The second-order valence-electron chi connectivity index (χ2n) is 6.52. The maximum Gasteiger partial charge on any atom is 0.0797 e. The fraction of sp³-hybridized carbons (Fsp3) is 1.00. The molecular weight excluding hydrogens is 198 g/mol. The van der Waals surface area contributed by atoms with Crippen LogP contribution >= 0.6 is 0 Å². The topological polar surface area (TPSA) is 32.3 Å². The van der Waals surface area contributed by atoms with Crippen LogP contribution in [-0.2, 0) is 0 Å². The molecule has 2 N–H and O–H groups in total. The summed E-state index contributed by atoms with van der Waals surface area (Å²) in [5.41, 5.74) is -0.0828. The van der Waals surface area contributed by atoms with Gasteiger partial charge >= 0.3 is 0 Å². The number of aliphatic hydroxyl groups is 1. The minimum atomic E-state index is -0.474. The largest absolute Gasteiger partial charge is 0.388 e. The smallest absolute Gasteiger partial charge is 0.0797 e. The molecule has 0 spiro atoms. The Morgan fingerprint density at radius 2 is 1.81 bits per heavy atom. The summed E-state index contributed by atoms with van der Waals surface area (Å²) in [5.74, 6) is 0.765. The molecule has 2 nitrogen and oxygen atoms in total. The minimum absolute atomic E-state index is 0.221. The van der Waals surface area contributed by atoms with Crippen LogP contribution < -0.4 is 5.32 Å². The average molecular weight is 227 g/mol. The van der Waals surface area contributed by atoms with Crippen LogP contribution in [0.25, 0.3) is 0 Å². The van der Waals surface area contributed by atoms with Gasteiger partial charge in [-0.2, -0.15) is 0 Å². The first-order valence-corrected chi connectivity index (χ1v) is 6.75. The molecule has 96 valence electrons. The van der Waals surface area contributed by atoms with Crippen molar-refractivity contribution in [3.05, 3.63) is 0 Å². The number of rotatable bonds is 3. The van der Waals surface area contributed by atoms with Crippen LogP contribution in [0.3, 0.4) is 0 Å². The van der Waals surface area contributed by atoms with E-state index in [1.54, 1.807) is 0 Å². The molecule has 0 amide bonds. The van der Waals surface area contributed by atoms with Gasteiger partial charge in [-0.3, -0.25) is 0 Å². The molecule has 0 aliphatic heterocycles. The first kappa shape index (κ1) is 14.0. The summed E-state index contributed by atoms with van der Waals surface area (Å²) in [6.07, 6.45) is 4.22. The third kappa shape index (κ3) is 3.21. The van der Waals surface area contributed by atoms with Crippen LogP contribution in [-0.4, -0.2) is 23.3 Å². The molecule has 16 heavy (non-hydrogen) atoms. The van der Waals surface area contributed by atoms with Gasteiger partial charge in [-0.25, -0.2) is 0 Å². The molecule has 0 radical (unpaired) electrons. The molecule has 1 aliphatic rings. The summed E-state index contributed by atoms with van der Waals surface area (Å²) in [7, 11) is 0. The molecule has 1 fully saturated rings. The van der Waals surface area contributed by atoms with Gasteiger partial charge in [0.15, 0.2) is 0 Å². The Balaban J connectivity index is 2.53. The van der Waals surface area contributed by atoms with Crippen molar-refractivity contribution in [3.8, 4) is 0 Å². The summed E-state index contributed by atoms with van der Waals surface area (Å²) in [6, 6.07) is 0.221. The van der Waals surface area contributed by atoms with Crippen molar-refractivity contribution in [3.63, 3.8) is 0 Å². The molecule has 0 aromatic carbocycles. The van der Waals surface area contributed by atoms with Crippen LogP contribution in [0, 0.1) is 11.3 Å². The number of hydrogen-bond donors (Lipinski definition) is 2. The van der Waals surface area contributed by atoms with Crippen molar-refractivity contribution in [2.75, 3.05) is 6.54 Å². The number of likely N-dealkylation sites (N-methyl/N-ethyl adjacent to an activating group) is 1. The summed E-state index contributed by atoms with van der Waals surface area (Å²) >= 11 is 0. The molecule has 1 aliphatic carbocycles. The zero-order valence-electron chi connectivity index (χ0n) is 11.6. The van der Waals surface area contributed by atoms with Gasteiger partial charge in [0.25, 0.3) is 0 Å². The zero-order valence-corrected chi connectivity index (χ0v) is 11.6. The average Bonchev–Trinajstić information content (AvgIpc) is 2.17. The molecule has 0 heterocycles. The van der Waals surface area contributed by atoms with Crippen LogP contribution in [0.1, 0.15) is 60.3 Å². The SMILES string of the molecule is CCNC(C)C1(O)CCC(C(C)(C)C)CC1. The first-order valence-electron chi connectivity index (χ1n) is 6.75. The first-order chi connectivity index (χ1) is 7.29. The van der Waals surface area contributed by atoms with Crippen LogP contribution in [0.5, 0.6) is 0 Å². The van der Waals surface area contributed by atoms with Gasteiger partial charge in [0.1, 0.15) is 0 Å². The zero-order chi connectivity index (χ0) is 12.4. The van der Waals surface area contributed by atoms with Crippen LogP contribution in [0.15, 0.2) is 0 Å². The lowest BCUT2D eigenvalue weighted by molar-refractivity contribution is -0.0484. The molecule has 1 saturated carbocycles. The molecule has 1 atom stereocenters. The lowest BCUT2D eigenvalue weighted by Crippen LogP contribution is -2.51. The van der Waals surface area contributed by atoms with E-state index in [1.165, 1.54) is 0 Å². The van der Waals surface area contributed by atoms with E-state index in [-0.39, 0.29) is 6.04 Å². The molecule has 0 aromatic rings. The quantitative estimate of drug-likeness (QED) is 0.777. The lowest BCUT2D eigenvalue weighted by Gasteiger charge is -2.44. The van der Waals surface area contributed by atoms with E-state index < -0.39 is 5.60 Å². The predicted octanol–water partition coefficient (Wildman–Crippen LogP) is 2.95. The van der Waals surface area contributed by atoms with E-state index >= 15 is 0 Å². The van der Waals surface area contributed by atoms with Crippen molar-refractivity contribution in [2.24, 2.45) is 11.3 Å². The third-order valence-corrected chi connectivity index (χ3v) is 4.39. The molecule has 2 heteroatoms. The Labute approximate surface area is 101 Å². The molecule has 0 aromatic heterocycles.